The zero-order valence-electron chi connectivity index (χ0n) is 27.8. The Balaban J connectivity index is 0.000000260. The van der Waals surface area contributed by atoms with Crippen molar-refractivity contribution in [3.8, 4) is 0 Å². The number of nitrogen functional groups attached to an aromatic ring is 1. The van der Waals surface area contributed by atoms with Gasteiger partial charge in [0.1, 0.15) is 5.82 Å². The fraction of sp³-hybridized carbons (Fsp3) is 0.618. The summed E-state index contributed by atoms with van der Waals surface area (Å²) in [5, 5.41) is 24.4. The highest BCUT2D eigenvalue weighted by Crippen LogP contribution is 2.27. The van der Waals surface area contributed by atoms with E-state index in [1.165, 1.54) is 11.0 Å². The summed E-state index contributed by atoms with van der Waals surface area (Å²) in [4.78, 5) is 36.1. The van der Waals surface area contributed by atoms with E-state index in [1.54, 1.807) is 6.92 Å². The molecule has 3 heterocycles. The van der Waals surface area contributed by atoms with Crippen molar-refractivity contribution in [1.82, 2.24) is 15.1 Å². The number of ether oxygens (including phenoxy) is 1. The molecule has 0 spiro atoms. The van der Waals surface area contributed by atoms with Crippen LogP contribution in [0, 0.1) is 17.7 Å². The number of halogens is 1. The number of carboxylic acid groups (broad SMARTS) is 1. The minimum atomic E-state index is -0.809. The Morgan fingerprint density at radius 3 is 2.35 bits per heavy atom. The number of cyclic esters (lactones) is 1. The normalized spacial score (nSPS) is 23.8. The summed E-state index contributed by atoms with van der Waals surface area (Å²) in [6.45, 7) is 12.3. The van der Waals surface area contributed by atoms with Crippen LogP contribution in [0.3, 0.4) is 0 Å². The zero-order valence-corrected chi connectivity index (χ0v) is 27.8. The van der Waals surface area contributed by atoms with Gasteiger partial charge >= 0.3 is 12.1 Å². The molecule has 2 amide bonds. The lowest BCUT2D eigenvalue weighted by molar-refractivity contribution is -0.146. The lowest BCUT2D eigenvalue weighted by atomic mass is 9.97. The summed E-state index contributed by atoms with van der Waals surface area (Å²) in [5.41, 5.74) is 7.38. The fourth-order valence-corrected chi connectivity index (χ4v) is 5.23. The lowest BCUT2D eigenvalue weighted by Crippen LogP contribution is -2.45. The number of likely N-dealkylation sites (tertiary alicyclic amines) is 1. The molecule has 0 bridgehead atoms. The Morgan fingerprint density at radius 1 is 1.09 bits per heavy atom. The van der Waals surface area contributed by atoms with E-state index in [4.69, 9.17) is 15.6 Å². The van der Waals surface area contributed by atoms with Gasteiger partial charge in [-0.25, -0.2) is 9.18 Å². The van der Waals surface area contributed by atoms with Crippen LogP contribution in [0.4, 0.5) is 20.6 Å². The molecule has 1 aromatic carbocycles. The van der Waals surface area contributed by atoms with Crippen molar-refractivity contribution in [3.05, 3.63) is 41.7 Å². The number of carbonyl (C=O) groups is 3. The topological polar surface area (TPSA) is 157 Å². The number of nitrogens with two attached hydrogens (primary N) is 1. The van der Waals surface area contributed by atoms with Crippen LogP contribution in [0.25, 0.3) is 6.08 Å². The van der Waals surface area contributed by atoms with Crippen LogP contribution in [-0.4, -0.2) is 96.0 Å². The lowest BCUT2D eigenvalue weighted by Gasteiger charge is -2.32. The molecule has 12 heteroatoms. The van der Waals surface area contributed by atoms with Crippen molar-refractivity contribution in [2.75, 3.05) is 56.9 Å². The van der Waals surface area contributed by atoms with Gasteiger partial charge in [-0.05, 0) is 62.6 Å². The van der Waals surface area contributed by atoms with E-state index in [9.17, 15) is 23.9 Å². The summed E-state index contributed by atoms with van der Waals surface area (Å²) in [7, 11) is 0. The Hall–Kier alpha value is -3.64. The highest BCUT2D eigenvalue weighted by Gasteiger charge is 2.22. The minimum absolute atomic E-state index is 0.106. The van der Waals surface area contributed by atoms with Crippen LogP contribution in [0.5, 0.6) is 0 Å². The molecule has 11 nitrogen and oxygen atoms in total. The first kappa shape index (κ1) is 38.5. The standard InChI is InChI=1S/C16H22FN3O.C13H22O3.C5H10N2O2/c1-3-4-12-9-14(17)16(18)15(10-12)19-13-5-7-20(8-6-13)11(2)21;1-10-4-3-5-11(2)9-16-13(15)8-12(14)7-6-10;8-5(9)7-3-1-6-2-4-7/h3-4,9-10,13,19H,5-8,18H2,1-2H3;3,5,10-12,14H,4,6-9H2,1-2H3;6H,1-4H2,(H,8,9)/b4-3-;5-3+;. The van der Waals surface area contributed by atoms with Crippen LogP contribution < -0.4 is 16.4 Å². The van der Waals surface area contributed by atoms with E-state index in [-0.39, 0.29) is 35.9 Å². The van der Waals surface area contributed by atoms with Gasteiger partial charge < -0.3 is 41.1 Å². The maximum atomic E-state index is 13.8. The highest BCUT2D eigenvalue weighted by atomic mass is 19.1. The van der Waals surface area contributed by atoms with Gasteiger partial charge in [0.2, 0.25) is 5.91 Å². The molecule has 46 heavy (non-hydrogen) atoms. The van der Waals surface area contributed by atoms with Crippen molar-refractivity contribution < 1.29 is 33.7 Å². The molecular weight excluding hydrogens is 593 g/mol. The number of aliphatic hydroxyl groups excluding tert-OH is 1. The molecule has 0 aromatic heterocycles. The molecule has 2 saturated heterocycles. The van der Waals surface area contributed by atoms with E-state index in [2.05, 4.69) is 29.7 Å². The second-order valence-electron chi connectivity index (χ2n) is 12.3. The summed E-state index contributed by atoms with van der Waals surface area (Å²) in [6, 6.07) is 3.50. The third kappa shape index (κ3) is 14.6. The molecule has 6 N–H and O–H groups in total. The van der Waals surface area contributed by atoms with E-state index in [0.29, 0.717) is 37.7 Å². The predicted octanol–water partition coefficient (Wildman–Crippen LogP) is 4.73. The summed E-state index contributed by atoms with van der Waals surface area (Å²) < 4.78 is 18.9. The molecule has 3 aliphatic heterocycles. The quantitative estimate of drug-likeness (QED) is 0.178. The Labute approximate surface area is 273 Å². The number of benzene rings is 1. The van der Waals surface area contributed by atoms with Crippen molar-refractivity contribution in [3.63, 3.8) is 0 Å². The number of hydrogen-bond acceptors (Lipinski definition) is 8. The summed E-state index contributed by atoms with van der Waals surface area (Å²) in [5.74, 6) is 0.227. The number of aliphatic hydroxyl groups is 1. The largest absolute Gasteiger partial charge is 0.465 e. The van der Waals surface area contributed by atoms with Crippen LogP contribution in [-0.2, 0) is 14.3 Å². The maximum Gasteiger partial charge on any atom is 0.407 e. The number of nitrogens with one attached hydrogen (secondary N) is 2. The minimum Gasteiger partial charge on any atom is -0.465 e. The molecule has 4 rings (SSSR count). The molecule has 3 atom stereocenters. The highest BCUT2D eigenvalue weighted by molar-refractivity contribution is 5.74. The van der Waals surface area contributed by atoms with E-state index < -0.39 is 18.0 Å². The van der Waals surface area contributed by atoms with Crippen molar-refractivity contribution in [2.24, 2.45) is 11.8 Å². The first-order valence-corrected chi connectivity index (χ1v) is 16.3. The molecule has 3 aliphatic rings. The van der Waals surface area contributed by atoms with Gasteiger partial charge in [-0.3, -0.25) is 9.59 Å². The number of piperidine rings is 1. The average Bonchev–Trinajstić information content (AvgIpc) is 3.02. The molecular formula is C34H54FN5O6. The van der Waals surface area contributed by atoms with Crippen molar-refractivity contribution in [1.29, 1.82) is 0 Å². The van der Waals surface area contributed by atoms with Crippen molar-refractivity contribution in [2.45, 2.75) is 78.4 Å². The second kappa shape index (κ2) is 20.5. The summed E-state index contributed by atoms with van der Waals surface area (Å²) in [6.07, 6.45) is 11.1. The van der Waals surface area contributed by atoms with Crippen molar-refractivity contribution >= 4 is 35.4 Å². The van der Waals surface area contributed by atoms with E-state index >= 15 is 0 Å². The third-order valence-electron chi connectivity index (χ3n) is 8.10. The fourth-order valence-electron chi connectivity index (χ4n) is 5.23. The predicted molar refractivity (Wildman–Crippen MR) is 180 cm³/mol. The van der Waals surface area contributed by atoms with Crippen LogP contribution in [0.15, 0.2) is 30.4 Å². The number of nitrogens with zero attached hydrogens (tertiary/aromatic N) is 2. The number of piperazine rings is 1. The van der Waals surface area contributed by atoms with Gasteiger partial charge in [0.15, 0.2) is 0 Å². The van der Waals surface area contributed by atoms with E-state index in [1.807, 2.05) is 37.0 Å². The summed E-state index contributed by atoms with van der Waals surface area (Å²) >= 11 is 0. The Morgan fingerprint density at radius 2 is 1.76 bits per heavy atom. The smallest absolute Gasteiger partial charge is 0.407 e. The number of hydrogen-bond donors (Lipinski definition) is 5. The molecule has 258 valence electrons. The SMILES string of the molecule is C/C=C\c1cc(F)c(N)c(NC2CCN(C(C)=O)CC2)c1.CC1/C=C/CC(C)CCC(O)CC(=O)OC1.O=C(O)N1CCNCC1. The second-order valence-corrected chi connectivity index (χ2v) is 12.3. The van der Waals surface area contributed by atoms with Gasteiger partial charge in [0.25, 0.3) is 0 Å². The van der Waals surface area contributed by atoms with Crippen LogP contribution >= 0.6 is 0 Å². The molecule has 0 aliphatic carbocycles. The third-order valence-corrected chi connectivity index (χ3v) is 8.10. The zero-order chi connectivity index (χ0) is 34.1. The first-order chi connectivity index (χ1) is 21.9. The molecule has 2 fully saturated rings. The number of esters is 1. The maximum absolute atomic E-state index is 13.8. The van der Waals surface area contributed by atoms with Crippen LogP contribution in [0.2, 0.25) is 0 Å². The number of amides is 2. The van der Waals surface area contributed by atoms with Crippen LogP contribution in [0.1, 0.15) is 71.8 Å². The van der Waals surface area contributed by atoms with Gasteiger partial charge in [-0.2, -0.15) is 0 Å². The Kier molecular flexibility index (Phi) is 17.2. The Bertz CT molecular complexity index is 1160. The molecule has 1 aromatic rings. The first-order valence-electron chi connectivity index (χ1n) is 16.3. The molecule has 0 radical (unpaired) electrons. The number of rotatable bonds is 3. The molecule has 0 saturated carbocycles. The number of anilines is 2. The molecule has 3 unspecified atom stereocenters. The van der Waals surface area contributed by atoms with Gasteiger partial charge in [0.05, 0.1) is 30.5 Å². The average molecular weight is 648 g/mol. The number of allylic oxidation sites excluding steroid dienone is 2. The van der Waals surface area contributed by atoms with E-state index in [0.717, 1.165) is 57.4 Å². The van der Waals surface area contributed by atoms with Gasteiger partial charge in [0, 0.05) is 58.2 Å². The monoisotopic (exact) mass is 647 g/mol. The van der Waals surface area contributed by atoms with Gasteiger partial charge in [-0.15, -0.1) is 0 Å². The number of carbonyl (C=O) groups excluding carboxylic acids is 2. The van der Waals surface area contributed by atoms with Gasteiger partial charge in [-0.1, -0.05) is 38.2 Å².